The van der Waals surface area contributed by atoms with Crippen molar-refractivity contribution < 1.29 is 19.4 Å². The Morgan fingerprint density at radius 2 is 1.75 bits per heavy atom. The molecular weight excluding hydrogens is 306 g/mol. The van der Waals surface area contributed by atoms with Gasteiger partial charge in [-0.15, -0.1) is 0 Å². The van der Waals surface area contributed by atoms with Crippen LogP contribution in [-0.4, -0.2) is 23.6 Å². The summed E-state index contributed by atoms with van der Waals surface area (Å²) in [5.74, 6) is -0.986. The number of hydrogen-bond acceptors (Lipinski definition) is 4. The molecule has 0 saturated heterocycles. The summed E-state index contributed by atoms with van der Waals surface area (Å²) in [7, 11) is 0. The number of nitrogens with one attached hydrogen (secondary N) is 1. The van der Waals surface area contributed by atoms with E-state index in [1.807, 2.05) is 0 Å². The van der Waals surface area contributed by atoms with Crippen molar-refractivity contribution in [3.8, 4) is 5.75 Å². The third kappa shape index (κ3) is 4.84. The molecule has 2 aromatic rings. The summed E-state index contributed by atoms with van der Waals surface area (Å²) in [6.45, 7) is 3.52. The third-order valence-corrected chi connectivity index (χ3v) is 3.04. The second-order valence-corrected chi connectivity index (χ2v) is 4.86. The Hall–Kier alpha value is -3.34. The maximum Gasteiger partial charge on any atom is 0.355 e. The van der Waals surface area contributed by atoms with Gasteiger partial charge in [0.2, 0.25) is 0 Å². The number of phenolic OH excluding ortho intramolecular Hbond substituents is 1. The Labute approximate surface area is 139 Å². The van der Waals surface area contributed by atoms with E-state index in [0.717, 1.165) is 0 Å². The van der Waals surface area contributed by atoms with Crippen LogP contribution in [0.3, 0.4) is 0 Å². The van der Waals surface area contributed by atoms with Crippen LogP contribution >= 0.6 is 0 Å². The smallest absolute Gasteiger partial charge is 0.355 e. The predicted molar refractivity (Wildman–Crippen MR) is 91.1 cm³/mol. The van der Waals surface area contributed by atoms with E-state index in [9.17, 15) is 14.7 Å². The molecule has 122 valence electrons. The van der Waals surface area contributed by atoms with Gasteiger partial charge >= 0.3 is 5.97 Å². The molecule has 0 radical (unpaired) electrons. The third-order valence-electron chi connectivity index (χ3n) is 3.04. The maximum absolute atomic E-state index is 12.3. The Balaban J connectivity index is 2.25. The van der Waals surface area contributed by atoms with E-state index in [1.54, 1.807) is 42.5 Å². The molecule has 5 nitrogen and oxygen atoms in total. The monoisotopic (exact) mass is 323 g/mol. The molecule has 1 amide bonds. The van der Waals surface area contributed by atoms with Gasteiger partial charge in [0.1, 0.15) is 18.1 Å². The molecule has 0 aliphatic rings. The lowest BCUT2D eigenvalue weighted by Crippen LogP contribution is -2.28. The summed E-state index contributed by atoms with van der Waals surface area (Å²) in [6.07, 6.45) is 2.92. The molecule has 2 N–H and O–H groups in total. The first-order chi connectivity index (χ1) is 11.6. The molecule has 24 heavy (non-hydrogen) atoms. The molecule has 2 aromatic carbocycles. The first-order valence-electron chi connectivity index (χ1n) is 7.25. The van der Waals surface area contributed by atoms with Gasteiger partial charge in [-0.05, 0) is 35.9 Å². The fourth-order valence-corrected chi connectivity index (χ4v) is 1.88. The lowest BCUT2D eigenvalue weighted by molar-refractivity contribution is -0.138. The summed E-state index contributed by atoms with van der Waals surface area (Å²) in [4.78, 5) is 24.4. The molecule has 0 spiro atoms. The van der Waals surface area contributed by atoms with Crippen molar-refractivity contribution in [3.05, 3.63) is 84.1 Å². The number of carbonyl (C=O) groups excluding carboxylic acids is 2. The number of esters is 1. The number of phenols is 1. The van der Waals surface area contributed by atoms with Gasteiger partial charge < -0.3 is 15.2 Å². The van der Waals surface area contributed by atoms with Crippen molar-refractivity contribution in [2.75, 3.05) is 6.61 Å². The molecule has 2 rings (SSSR count). The molecule has 0 aliphatic heterocycles. The van der Waals surface area contributed by atoms with Crippen molar-refractivity contribution >= 4 is 18.0 Å². The maximum atomic E-state index is 12.3. The van der Waals surface area contributed by atoms with E-state index in [1.165, 1.54) is 24.3 Å². The summed E-state index contributed by atoms with van der Waals surface area (Å²) in [5.41, 5.74) is 1.05. The van der Waals surface area contributed by atoms with Crippen molar-refractivity contribution in [2.24, 2.45) is 0 Å². The minimum Gasteiger partial charge on any atom is -0.508 e. The summed E-state index contributed by atoms with van der Waals surface area (Å²) in [6, 6.07) is 14.7. The topological polar surface area (TPSA) is 75.6 Å². The van der Waals surface area contributed by atoms with Gasteiger partial charge in [-0.1, -0.05) is 43.0 Å². The van der Waals surface area contributed by atoms with Crippen molar-refractivity contribution in [2.45, 2.75) is 0 Å². The number of rotatable bonds is 6. The van der Waals surface area contributed by atoms with Gasteiger partial charge in [-0.25, -0.2) is 4.79 Å². The Kier molecular flexibility index (Phi) is 5.91. The predicted octanol–water partition coefficient (Wildman–Crippen LogP) is 2.89. The van der Waals surface area contributed by atoms with Gasteiger partial charge in [0.05, 0.1) is 0 Å². The van der Waals surface area contributed by atoms with Crippen molar-refractivity contribution in [3.63, 3.8) is 0 Å². The van der Waals surface area contributed by atoms with Crippen LogP contribution in [0.5, 0.6) is 5.75 Å². The fraction of sp³-hybridized carbons (Fsp3) is 0.0526. The Morgan fingerprint density at radius 1 is 1.08 bits per heavy atom. The molecule has 0 unspecified atom stereocenters. The van der Waals surface area contributed by atoms with Crippen LogP contribution in [0.15, 0.2) is 72.9 Å². The SMILES string of the molecule is C=CCOC(=O)/C(=C\c1ccc(O)cc1)NC(=O)c1ccccc1. The number of benzene rings is 2. The van der Waals surface area contributed by atoms with Gasteiger partial charge in [0, 0.05) is 5.56 Å². The van der Waals surface area contributed by atoms with Crippen LogP contribution in [0.4, 0.5) is 0 Å². The van der Waals surface area contributed by atoms with E-state index in [0.29, 0.717) is 11.1 Å². The number of ether oxygens (including phenoxy) is 1. The zero-order valence-corrected chi connectivity index (χ0v) is 12.9. The van der Waals surface area contributed by atoms with E-state index < -0.39 is 11.9 Å². The Morgan fingerprint density at radius 3 is 2.38 bits per heavy atom. The highest BCUT2D eigenvalue weighted by atomic mass is 16.5. The van der Waals surface area contributed by atoms with Gasteiger partial charge in [-0.3, -0.25) is 4.79 Å². The summed E-state index contributed by atoms with van der Waals surface area (Å²) < 4.78 is 5.00. The summed E-state index contributed by atoms with van der Waals surface area (Å²) >= 11 is 0. The van der Waals surface area contributed by atoms with Crippen LogP contribution in [0.1, 0.15) is 15.9 Å². The lowest BCUT2D eigenvalue weighted by atomic mass is 10.1. The van der Waals surface area contributed by atoms with Crippen LogP contribution in [-0.2, 0) is 9.53 Å². The van der Waals surface area contributed by atoms with E-state index in [-0.39, 0.29) is 18.1 Å². The molecule has 0 aromatic heterocycles. The second kappa shape index (κ2) is 8.33. The van der Waals surface area contributed by atoms with Crippen LogP contribution in [0.2, 0.25) is 0 Å². The molecule has 0 saturated carbocycles. The fourth-order valence-electron chi connectivity index (χ4n) is 1.88. The zero-order chi connectivity index (χ0) is 17.4. The van der Waals surface area contributed by atoms with Crippen LogP contribution in [0, 0.1) is 0 Å². The van der Waals surface area contributed by atoms with Crippen LogP contribution in [0.25, 0.3) is 6.08 Å². The highest BCUT2D eigenvalue weighted by molar-refractivity contribution is 6.03. The van der Waals surface area contributed by atoms with Crippen molar-refractivity contribution in [1.82, 2.24) is 5.32 Å². The zero-order valence-electron chi connectivity index (χ0n) is 12.9. The number of hydrogen-bond donors (Lipinski definition) is 2. The highest BCUT2D eigenvalue weighted by Crippen LogP contribution is 2.13. The van der Waals surface area contributed by atoms with E-state index >= 15 is 0 Å². The molecule has 0 fully saturated rings. The lowest BCUT2D eigenvalue weighted by Gasteiger charge is -2.09. The molecule has 0 aliphatic carbocycles. The molecular formula is C19H17NO4. The first-order valence-corrected chi connectivity index (χ1v) is 7.25. The van der Waals surface area contributed by atoms with E-state index in [2.05, 4.69) is 11.9 Å². The average molecular weight is 323 g/mol. The molecule has 0 bridgehead atoms. The number of amides is 1. The standard InChI is InChI=1S/C19H17NO4/c1-2-12-24-19(23)17(13-14-8-10-16(21)11-9-14)20-18(22)15-6-4-3-5-7-15/h2-11,13,21H,1,12H2,(H,20,22)/b17-13+. The van der Waals surface area contributed by atoms with E-state index in [4.69, 9.17) is 4.74 Å². The average Bonchev–Trinajstić information content (AvgIpc) is 2.61. The van der Waals surface area contributed by atoms with Gasteiger partial charge in [0.15, 0.2) is 0 Å². The quantitative estimate of drug-likeness (QED) is 0.487. The largest absolute Gasteiger partial charge is 0.508 e. The Bertz CT molecular complexity index is 749. The van der Waals surface area contributed by atoms with Gasteiger partial charge in [-0.2, -0.15) is 0 Å². The van der Waals surface area contributed by atoms with Crippen LogP contribution < -0.4 is 5.32 Å². The summed E-state index contributed by atoms with van der Waals surface area (Å²) in [5, 5.41) is 11.9. The van der Waals surface area contributed by atoms with Crippen molar-refractivity contribution in [1.29, 1.82) is 0 Å². The molecule has 0 heterocycles. The normalized spacial score (nSPS) is 10.8. The first kappa shape index (κ1) is 17.0. The minimum atomic E-state index is -0.674. The number of carbonyl (C=O) groups is 2. The second-order valence-electron chi connectivity index (χ2n) is 4.86. The molecule has 0 atom stereocenters. The minimum absolute atomic E-state index is 0.00334. The number of aromatic hydroxyl groups is 1. The van der Waals surface area contributed by atoms with Gasteiger partial charge in [0.25, 0.3) is 5.91 Å². The molecule has 5 heteroatoms. The highest BCUT2D eigenvalue weighted by Gasteiger charge is 2.15.